The highest BCUT2D eigenvalue weighted by Gasteiger charge is 2.21. The molecule has 166 valence electrons. The minimum absolute atomic E-state index is 0.501. The first-order valence-electron chi connectivity index (χ1n) is 11.7. The van der Waals surface area contributed by atoms with Gasteiger partial charge in [0.1, 0.15) is 5.75 Å². The zero-order valence-corrected chi connectivity index (χ0v) is 18.7. The van der Waals surface area contributed by atoms with E-state index in [1.165, 1.54) is 84.2 Å². The standard InChI is InChI=1S/C25H42O4/c1-3-4-5-6-7-8-9-10-11-12-13-14-15-19-22-28-25(24(26)27-2)29-23-20-17-16-18-21-23/h16-18,20-21,25H,3-15,19,22H2,1-2H3. The van der Waals surface area contributed by atoms with E-state index < -0.39 is 12.3 Å². The molecule has 0 aliphatic heterocycles. The van der Waals surface area contributed by atoms with Gasteiger partial charge in [0.05, 0.1) is 13.7 Å². The van der Waals surface area contributed by atoms with Crippen molar-refractivity contribution >= 4 is 5.97 Å². The van der Waals surface area contributed by atoms with Crippen LogP contribution in [0.15, 0.2) is 30.3 Å². The van der Waals surface area contributed by atoms with Crippen LogP contribution in [0, 0.1) is 0 Å². The summed E-state index contributed by atoms with van der Waals surface area (Å²) in [5, 5.41) is 0. The van der Waals surface area contributed by atoms with Gasteiger partial charge in [-0.05, 0) is 18.6 Å². The zero-order valence-electron chi connectivity index (χ0n) is 18.7. The minimum atomic E-state index is -0.996. The number of esters is 1. The summed E-state index contributed by atoms with van der Waals surface area (Å²) in [5.41, 5.74) is 0. The maximum Gasteiger partial charge on any atom is 0.376 e. The number of unbranched alkanes of at least 4 members (excludes halogenated alkanes) is 13. The first-order chi connectivity index (χ1) is 14.3. The van der Waals surface area contributed by atoms with Crippen LogP contribution in [0.2, 0.25) is 0 Å². The first-order valence-corrected chi connectivity index (χ1v) is 11.7. The molecule has 0 aromatic heterocycles. The molecule has 1 atom stereocenters. The van der Waals surface area contributed by atoms with Crippen LogP contribution >= 0.6 is 0 Å². The number of rotatable bonds is 19. The first kappa shape index (κ1) is 25.5. The summed E-state index contributed by atoms with van der Waals surface area (Å²) in [6.45, 7) is 2.77. The Morgan fingerprint density at radius 2 is 1.24 bits per heavy atom. The van der Waals surface area contributed by atoms with Crippen molar-refractivity contribution in [1.29, 1.82) is 0 Å². The third-order valence-electron chi connectivity index (χ3n) is 5.15. The molecule has 1 rings (SSSR count). The van der Waals surface area contributed by atoms with E-state index in [1.54, 1.807) is 12.1 Å². The zero-order chi connectivity index (χ0) is 21.0. The molecule has 0 saturated carbocycles. The van der Waals surface area contributed by atoms with Crippen molar-refractivity contribution in [2.75, 3.05) is 13.7 Å². The van der Waals surface area contributed by atoms with Crippen molar-refractivity contribution in [3.8, 4) is 5.75 Å². The lowest BCUT2D eigenvalue weighted by molar-refractivity contribution is -0.174. The van der Waals surface area contributed by atoms with Gasteiger partial charge >= 0.3 is 5.97 Å². The maximum atomic E-state index is 11.8. The normalized spacial score (nSPS) is 11.9. The quantitative estimate of drug-likeness (QED) is 0.140. The lowest BCUT2D eigenvalue weighted by Crippen LogP contribution is -2.31. The Hall–Kier alpha value is -1.55. The molecule has 0 spiro atoms. The fourth-order valence-electron chi connectivity index (χ4n) is 3.36. The molecule has 1 aromatic carbocycles. The third-order valence-corrected chi connectivity index (χ3v) is 5.15. The Labute approximate surface area is 178 Å². The second kappa shape index (κ2) is 18.5. The van der Waals surface area contributed by atoms with Gasteiger partial charge in [0.25, 0.3) is 6.29 Å². The Kier molecular flexibility index (Phi) is 16.2. The Morgan fingerprint density at radius 3 is 1.72 bits per heavy atom. The molecule has 0 bridgehead atoms. The lowest BCUT2D eigenvalue weighted by Gasteiger charge is -2.17. The molecule has 0 fully saturated rings. The molecule has 1 aromatic rings. The lowest BCUT2D eigenvalue weighted by atomic mass is 10.0. The molecule has 0 amide bonds. The molecule has 4 heteroatoms. The highest BCUT2D eigenvalue weighted by Crippen LogP contribution is 2.14. The summed E-state index contributed by atoms with van der Waals surface area (Å²) in [6, 6.07) is 9.21. The van der Waals surface area contributed by atoms with E-state index in [4.69, 9.17) is 14.2 Å². The van der Waals surface area contributed by atoms with Gasteiger partial charge in [-0.15, -0.1) is 0 Å². The van der Waals surface area contributed by atoms with Crippen molar-refractivity contribution in [3.63, 3.8) is 0 Å². The van der Waals surface area contributed by atoms with Crippen LogP contribution in [0.5, 0.6) is 5.75 Å². The van der Waals surface area contributed by atoms with Gasteiger partial charge in [0.2, 0.25) is 0 Å². The van der Waals surface area contributed by atoms with E-state index in [9.17, 15) is 4.79 Å². The van der Waals surface area contributed by atoms with E-state index in [-0.39, 0.29) is 0 Å². The molecule has 0 heterocycles. The van der Waals surface area contributed by atoms with Gasteiger partial charge in [-0.2, -0.15) is 0 Å². The van der Waals surface area contributed by atoms with E-state index in [1.807, 2.05) is 18.2 Å². The summed E-state index contributed by atoms with van der Waals surface area (Å²) >= 11 is 0. The van der Waals surface area contributed by atoms with Crippen LogP contribution in [0.3, 0.4) is 0 Å². The largest absolute Gasteiger partial charge is 0.464 e. The average molecular weight is 407 g/mol. The predicted octanol–water partition coefficient (Wildman–Crippen LogP) is 7.06. The van der Waals surface area contributed by atoms with Gasteiger partial charge in [-0.3, -0.25) is 0 Å². The maximum absolute atomic E-state index is 11.8. The van der Waals surface area contributed by atoms with Crippen molar-refractivity contribution in [2.24, 2.45) is 0 Å². The number of methoxy groups -OCH3 is 1. The molecule has 0 aliphatic rings. The van der Waals surface area contributed by atoms with E-state index in [0.717, 1.165) is 12.8 Å². The smallest absolute Gasteiger partial charge is 0.376 e. The van der Waals surface area contributed by atoms with Crippen LogP contribution in [-0.2, 0) is 14.3 Å². The minimum Gasteiger partial charge on any atom is -0.464 e. The van der Waals surface area contributed by atoms with Gasteiger partial charge in [0.15, 0.2) is 0 Å². The highest BCUT2D eigenvalue weighted by atomic mass is 16.7. The summed E-state index contributed by atoms with van der Waals surface area (Å²) in [5.74, 6) is 0.100. The molecule has 0 aliphatic carbocycles. The molecule has 1 unspecified atom stereocenters. The SMILES string of the molecule is CCCCCCCCCCCCCCCCOC(Oc1ccccc1)C(=O)OC. The topological polar surface area (TPSA) is 44.8 Å². The summed E-state index contributed by atoms with van der Waals surface area (Å²) in [7, 11) is 1.35. The third kappa shape index (κ3) is 14.1. The summed E-state index contributed by atoms with van der Waals surface area (Å²) in [4.78, 5) is 11.8. The number of carbonyl (C=O) groups excluding carboxylic acids is 1. The molecule has 29 heavy (non-hydrogen) atoms. The van der Waals surface area contributed by atoms with Gasteiger partial charge in [-0.1, -0.05) is 109 Å². The van der Waals surface area contributed by atoms with E-state index in [2.05, 4.69) is 6.92 Å². The average Bonchev–Trinajstić information content (AvgIpc) is 2.75. The Bertz CT molecular complexity index is 489. The Morgan fingerprint density at radius 1 is 0.759 bits per heavy atom. The fourth-order valence-corrected chi connectivity index (χ4v) is 3.36. The van der Waals surface area contributed by atoms with Crippen LogP contribution in [0.4, 0.5) is 0 Å². The molecule has 0 radical (unpaired) electrons. The van der Waals surface area contributed by atoms with Crippen molar-refractivity contribution in [1.82, 2.24) is 0 Å². The number of carbonyl (C=O) groups is 1. The number of hydrogen-bond acceptors (Lipinski definition) is 4. The van der Waals surface area contributed by atoms with Crippen LogP contribution < -0.4 is 4.74 Å². The van der Waals surface area contributed by atoms with E-state index >= 15 is 0 Å². The Balaban J connectivity index is 1.96. The van der Waals surface area contributed by atoms with Crippen molar-refractivity contribution in [2.45, 2.75) is 103 Å². The monoisotopic (exact) mass is 406 g/mol. The number of benzene rings is 1. The van der Waals surface area contributed by atoms with Gasteiger partial charge in [0, 0.05) is 0 Å². The molecule has 0 saturated heterocycles. The number of ether oxygens (including phenoxy) is 3. The van der Waals surface area contributed by atoms with Crippen LogP contribution in [0.1, 0.15) is 96.8 Å². The fraction of sp³-hybridized carbons (Fsp3) is 0.720. The van der Waals surface area contributed by atoms with Gasteiger partial charge in [-0.25, -0.2) is 4.79 Å². The molecule has 0 N–H and O–H groups in total. The predicted molar refractivity (Wildman–Crippen MR) is 119 cm³/mol. The second-order valence-electron chi connectivity index (χ2n) is 7.75. The molecular weight excluding hydrogens is 364 g/mol. The number of hydrogen-bond donors (Lipinski definition) is 0. The van der Waals surface area contributed by atoms with Crippen LogP contribution in [-0.4, -0.2) is 26.0 Å². The van der Waals surface area contributed by atoms with Crippen molar-refractivity contribution in [3.05, 3.63) is 30.3 Å². The van der Waals surface area contributed by atoms with Crippen molar-refractivity contribution < 1.29 is 19.0 Å². The highest BCUT2D eigenvalue weighted by molar-refractivity contribution is 5.73. The van der Waals surface area contributed by atoms with Crippen LogP contribution in [0.25, 0.3) is 0 Å². The van der Waals surface area contributed by atoms with E-state index in [0.29, 0.717) is 12.4 Å². The second-order valence-corrected chi connectivity index (χ2v) is 7.75. The molecule has 4 nitrogen and oxygen atoms in total. The number of para-hydroxylation sites is 1. The van der Waals surface area contributed by atoms with Gasteiger partial charge < -0.3 is 14.2 Å². The summed E-state index contributed by atoms with van der Waals surface area (Å²) in [6.07, 6.45) is 17.4. The summed E-state index contributed by atoms with van der Waals surface area (Å²) < 4.78 is 16.0. The molecular formula is C25H42O4.